The van der Waals surface area contributed by atoms with Gasteiger partial charge in [-0.25, -0.2) is 15.0 Å². The van der Waals surface area contributed by atoms with Crippen LogP contribution in [0, 0.1) is 0 Å². The summed E-state index contributed by atoms with van der Waals surface area (Å²) in [5.74, 6) is 2.10. The lowest BCUT2D eigenvalue weighted by atomic mass is 10.1. The number of aromatic nitrogens is 4. The Morgan fingerprint density at radius 3 is 2.27 bits per heavy atom. The molecule has 0 bridgehead atoms. The van der Waals surface area contributed by atoms with Gasteiger partial charge in [0.25, 0.3) is 0 Å². The topological polar surface area (TPSA) is 125 Å². The Labute approximate surface area is 252 Å². The summed E-state index contributed by atoms with van der Waals surface area (Å²) in [6, 6.07) is 4.81. The second-order valence-corrected chi connectivity index (χ2v) is 20.3. The highest BCUT2D eigenvalue weighted by Crippen LogP contribution is 2.42. The molecule has 234 valence electrons. The number of fused-ring (bicyclic) bond motifs is 1. The number of rotatable bonds is 24. The molecule has 9 nitrogen and oxygen atoms in total. The molecular formula is C29H54N5O4PSSi. The van der Waals surface area contributed by atoms with E-state index in [2.05, 4.69) is 21.5 Å². The summed E-state index contributed by atoms with van der Waals surface area (Å²) in [5.41, 5.74) is 6.96. The highest BCUT2D eigenvalue weighted by Gasteiger charge is 2.32. The predicted molar refractivity (Wildman–Crippen MR) is 174 cm³/mol. The van der Waals surface area contributed by atoms with Crippen molar-refractivity contribution in [1.82, 2.24) is 19.5 Å². The zero-order valence-corrected chi connectivity index (χ0v) is 28.2. The maximum Gasteiger partial charge on any atom is 0.353 e. The van der Waals surface area contributed by atoms with E-state index in [1.165, 1.54) is 89.8 Å². The standard InChI is InChI=1S/C29H54N5O4PSSi/c1-26(22-34-24-33-27-28(30)31-23-32-29(27)34)37-25-39(35,36)38-16-18-40-17-13-11-9-7-5-3-4-6-8-10-12-14-19-41(2)20-15-21-41/h23-24,26H,3-22,25H2,1-2H3,(H,35,36)(H2,30,31,32)/t26-/m1/s1. The van der Waals surface area contributed by atoms with Crippen molar-refractivity contribution in [2.24, 2.45) is 0 Å². The zero-order valence-electron chi connectivity index (χ0n) is 25.5. The van der Waals surface area contributed by atoms with Crippen molar-refractivity contribution >= 4 is 44.4 Å². The van der Waals surface area contributed by atoms with E-state index in [-0.39, 0.29) is 19.1 Å². The van der Waals surface area contributed by atoms with Crippen LogP contribution in [0.4, 0.5) is 5.82 Å². The largest absolute Gasteiger partial charge is 0.382 e. The van der Waals surface area contributed by atoms with E-state index in [9.17, 15) is 9.46 Å². The quantitative estimate of drug-likeness (QED) is 0.0679. The van der Waals surface area contributed by atoms with Gasteiger partial charge in [-0.1, -0.05) is 102 Å². The number of imidazole rings is 1. The van der Waals surface area contributed by atoms with Crippen LogP contribution in [-0.4, -0.2) is 63.1 Å². The third-order valence-electron chi connectivity index (χ3n) is 8.31. The van der Waals surface area contributed by atoms with Gasteiger partial charge in [0.2, 0.25) is 0 Å². The summed E-state index contributed by atoms with van der Waals surface area (Å²) in [6.45, 7) is 5.11. The van der Waals surface area contributed by atoms with Gasteiger partial charge < -0.3 is 24.5 Å². The van der Waals surface area contributed by atoms with Crippen LogP contribution in [0.25, 0.3) is 11.2 Å². The summed E-state index contributed by atoms with van der Waals surface area (Å²) < 4.78 is 25.0. The summed E-state index contributed by atoms with van der Waals surface area (Å²) in [7, 11) is -4.46. The Morgan fingerprint density at radius 2 is 1.63 bits per heavy atom. The second kappa shape index (κ2) is 18.6. The third-order valence-corrected chi connectivity index (χ3v) is 15.1. The van der Waals surface area contributed by atoms with Crippen LogP contribution in [0.5, 0.6) is 0 Å². The third kappa shape index (κ3) is 13.5. The van der Waals surface area contributed by atoms with Crippen molar-refractivity contribution in [1.29, 1.82) is 0 Å². The summed E-state index contributed by atoms with van der Waals surface area (Å²) >= 11 is 1.78. The maximum atomic E-state index is 12.3. The number of nitrogen functional groups attached to an aromatic ring is 1. The van der Waals surface area contributed by atoms with Crippen LogP contribution >= 0.6 is 19.4 Å². The molecule has 0 amide bonds. The minimum absolute atomic E-state index is 0.250. The van der Waals surface area contributed by atoms with Gasteiger partial charge in [-0.15, -0.1) is 0 Å². The second-order valence-electron chi connectivity index (χ2n) is 12.2. The van der Waals surface area contributed by atoms with Crippen LogP contribution in [-0.2, 0) is 20.4 Å². The van der Waals surface area contributed by atoms with Gasteiger partial charge >= 0.3 is 7.60 Å². The number of hydrogen-bond acceptors (Lipinski definition) is 8. The highest BCUT2D eigenvalue weighted by atomic mass is 32.2. The first-order valence-electron chi connectivity index (χ1n) is 15.9. The summed E-state index contributed by atoms with van der Waals surface area (Å²) in [6.07, 6.45) is 20.4. The smallest absolute Gasteiger partial charge is 0.353 e. The van der Waals surface area contributed by atoms with Crippen molar-refractivity contribution in [3.05, 3.63) is 12.7 Å². The van der Waals surface area contributed by atoms with E-state index in [4.69, 9.17) is 15.0 Å². The molecule has 3 heterocycles. The SMILES string of the molecule is C[C@H](Cn1cnc2c(N)ncnc21)OCP(=O)(O)OCCSCCCCCCCCCCCCCC[Si]1(C)CCC1. The molecule has 0 spiro atoms. The van der Waals surface area contributed by atoms with E-state index in [0.717, 1.165) is 5.75 Å². The number of ether oxygens (including phenoxy) is 1. The Kier molecular flexibility index (Phi) is 15.7. The Hall–Kier alpha value is -0.973. The van der Waals surface area contributed by atoms with Crippen LogP contribution in [0.3, 0.4) is 0 Å². The zero-order chi connectivity index (χ0) is 29.4. The number of nitrogens with two attached hydrogens (primary N) is 1. The summed E-state index contributed by atoms with van der Waals surface area (Å²) in [4.78, 5) is 22.5. The van der Waals surface area contributed by atoms with E-state index in [1.807, 2.05) is 6.92 Å². The molecule has 1 saturated heterocycles. The molecule has 1 aliphatic heterocycles. The van der Waals surface area contributed by atoms with Crippen LogP contribution in [0.15, 0.2) is 12.7 Å². The monoisotopic (exact) mass is 627 g/mol. The molecule has 41 heavy (non-hydrogen) atoms. The Morgan fingerprint density at radius 1 is 1.00 bits per heavy atom. The molecule has 0 aromatic carbocycles. The lowest BCUT2D eigenvalue weighted by Crippen LogP contribution is -2.37. The molecule has 2 atom stereocenters. The number of nitrogens with zero attached hydrogens (tertiary/aromatic N) is 4. The first kappa shape index (κ1) is 34.5. The van der Waals surface area contributed by atoms with Crippen LogP contribution in [0.2, 0.25) is 24.7 Å². The molecule has 1 fully saturated rings. The Balaban J connectivity index is 1.07. The minimum Gasteiger partial charge on any atom is -0.382 e. The van der Waals surface area contributed by atoms with Gasteiger partial charge in [-0.2, -0.15) is 11.8 Å². The predicted octanol–water partition coefficient (Wildman–Crippen LogP) is 7.87. The molecule has 0 aliphatic carbocycles. The van der Waals surface area contributed by atoms with Crippen LogP contribution < -0.4 is 5.73 Å². The normalized spacial score (nSPS) is 17.0. The van der Waals surface area contributed by atoms with E-state index in [1.54, 1.807) is 40.8 Å². The molecule has 2 aromatic heterocycles. The van der Waals surface area contributed by atoms with E-state index >= 15 is 0 Å². The molecule has 1 unspecified atom stereocenters. The van der Waals surface area contributed by atoms with Gasteiger partial charge in [0.05, 0.1) is 33.7 Å². The molecule has 2 aromatic rings. The molecule has 12 heteroatoms. The van der Waals surface area contributed by atoms with Gasteiger partial charge in [0.15, 0.2) is 11.5 Å². The molecule has 0 radical (unpaired) electrons. The van der Waals surface area contributed by atoms with Gasteiger partial charge in [0, 0.05) is 5.75 Å². The van der Waals surface area contributed by atoms with E-state index in [0.29, 0.717) is 29.3 Å². The van der Waals surface area contributed by atoms with Crippen molar-refractivity contribution in [3.63, 3.8) is 0 Å². The Bertz CT molecular complexity index is 1060. The lowest BCUT2D eigenvalue weighted by molar-refractivity contribution is 0.0724. The van der Waals surface area contributed by atoms with Crippen molar-refractivity contribution < 1.29 is 18.7 Å². The van der Waals surface area contributed by atoms with Crippen LogP contribution in [0.1, 0.15) is 90.4 Å². The molecule has 3 N–H and O–H groups in total. The number of thioether (sulfide) groups is 1. The van der Waals surface area contributed by atoms with E-state index < -0.39 is 15.7 Å². The number of unbranched alkanes of at least 4 members (excludes halogenated alkanes) is 11. The highest BCUT2D eigenvalue weighted by molar-refractivity contribution is 7.99. The molecule has 3 rings (SSSR count). The minimum atomic E-state index is -3.79. The van der Waals surface area contributed by atoms with Gasteiger partial charge in [0.1, 0.15) is 18.2 Å². The van der Waals surface area contributed by atoms with Crippen molar-refractivity contribution in [2.75, 3.05) is 30.2 Å². The maximum absolute atomic E-state index is 12.3. The lowest BCUT2D eigenvalue weighted by Gasteiger charge is -2.36. The number of anilines is 1. The first-order valence-corrected chi connectivity index (χ1v) is 21.9. The molecule has 1 aliphatic rings. The first-order chi connectivity index (χ1) is 19.8. The molecule has 0 saturated carbocycles. The fraction of sp³-hybridized carbons (Fsp3) is 0.828. The van der Waals surface area contributed by atoms with Gasteiger partial charge in [-0.05, 0) is 19.1 Å². The summed E-state index contributed by atoms with van der Waals surface area (Å²) in [5, 5.41) is 0. The fourth-order valence-corrected chi connectivity index (χ4v) is 10.5. The fourth-order valence-electron chi connectivity index (χ4n) is 5.52. The van der Waals surface area contributed by atoms with Crippen molar-refractivity contribution in [3.8, 4) is 0 Å². The number of hydrogen-bond donors (Lipinski definition) is 2. The van der Waals surface area contributed by atoms with Crippen molar-refractivity contribution in [2.45, 2.75) is 128 Å². The molecular weight excluding hydrogens is 573 g/mol. The average molecular weight is 628 g/mol. The van der Waals surface area contributed by atoms with Gasteiger partial charge in [-0.3, -0.25) is 4.57 Å². The average Bonchev–Trinajstić information content (AvgIpc) is 3.34.